The molecule has 0 aliphatic carbocycles. The first-order valence-corrected chi connectivity index (χ1v) is 6.40. The van der Waals surface area contributed by atoms with Crippen LogP contribution < -0.4 is 16.1 Å². The predicted molar refractivity (Wildman–Crippen MR) is 79.4 cm³/mol. The smallest absolute Gasteiger partial charge is 0.136 e. The molecule has 0 fully saturated rings. The number of phenols is 1. The van der Waals surface area contributed by atoms with Crippen LogP contribution in [0.25, 0.3) is 0 Å². The van der Waals surface area contributed by atoms with Crippen LogP contribution in [0.15, 0.2) is 23.3 Å². The lowest BCUT2D eigenvalue weighted by atomic mass is 10.2. The fraction of sp³-hybridized carbons (Fsp3) is 0.417. The summed E-state index contributed by atoms with van der Waals surface area (Å²) in [5.41, 5.74) is 9.05. The Hall–Kier alpha value is -1.40. The number of nitrogens with two attached hydrogens (primary N) is 1. The third kappa shape index (κ3) is 4.12. The van der Waals surface area contributed by atoms with E-state index in [0.717, 1.165) is 18.8 Å². The summed E-state index contributed by atoms with van der Waals surface area (Å²) in [6.07, 6.45) is 1.51. The molecule has 0 heterocycles. The lowest BCUT2D eigenvalue weighted by Gasteiger charge is -2.21. The fourth-order valence-corrected chi connectivity index (χ4v) is 1.68. The van der Waals surface area contributed by atoms with Gasteiger partial charge in [0, 0.05) is 30.4 Å². The maximum Gasteiger partial charge on any atom is 0.136 e. The number of aromatic hydroxyl groups is 1. The lowest BCUT2D eigenvalue weighted by Crippen LogP contribution is -2.27. The summed E-state index contributed by atoms with van der Waals surface area (Å²) in [7, 11) is 0. The normalized spacial score (nSPS) is 12.7. The summed E-state index contributed by atoms with van der Waals surface area (Å²) in [6.45, 7) is 5.96. The number of hydrogen-bond donors (Lipinski definition) is 4. The highest BCUT2D eigenvalue weighted by molar-refractivity contribution is 7.80. The fourth-order valence-electron chi connectivity index (χ4n) is 1.61. The van der Waals surface area contributed by atoms with Gasteiger partial charge in [0.1, 0.15) is 11.2 Å². The molecule has 5 nitrogen and oxygen atoms in total. The number of thiol groups is 1. The van der Waals surface area contributed by atoms with Gasteiger partial charge in [-0.3, -0.25) is 5.43 Å². The van der Waals surface area contributed by atoms with Crippen molar-refractivity contribution < 1.29 is 5.11 Å². The van der Waals surface area contributed by atoms with Crippen LogP contribution in [0.5, 0.6) is 5.75 Å². The average Bonchev–Trinajstić information content (AvgIpc) is 2.33. The SMILES string of the molecule is CCN(CC)c1ccc(/C=N/NC(N)S)c(O)c1. The van der Waals surface area contributed by atoms with Crippen LogP contribution in [0.2, 0.25) is 0 Å². The van der Waals surface area contributed by atoms with Crippen molar-refractivity contribution in [2.45, 2.75) is 19.3 Å². The van der Waals surface area contributed by atoms with Crippen LogP contribution in [0, 0.1) is 0 Å². The molecule has 0 amide bonds. The molecule has 1 aromatic carbocycles. The highest BCUT2D eigenvalue weighted by Gasteiger charge is 2.05. The molecule has 0 aliphatic heterocycles. The quantitative estimate of drug-likeness (QED) is 0.272. The van der Waals surface area contributed by atoms with Crippen LogP contribution >= 0.6 is 12.6 Å². The van der Waals surface area contributed by atoms with Gasteiger partial charge in [0.15, 0.2) is 0 Å². The van der Waals surface area contributed by atoms with Crippen molar-refractivity contribution in [3.63, 3.8) is 0 Å². The van der Waals surface area contributed by atoms with E-state index >= 15 is 0 Å². The topological polar surface area (TPSA) is 73.9 Å². The zero-order chi connectivity index (χ0) is 13.5. The molecular weight excluding hydrogens is 248 g/mol. The predicted octanol–water partition coefficient (Wildman–Crippen LogP) is 1.33. The molecule has 0 saturated heterocycles. The second kappa shape index (κ2) is 7.13. The molecule has 0 aliphatic rings. The maximum atomic E-state index is 9.90. The maximum absolute atomic E-state index is 9.90. The monoisotopic (exact) mass is 268 g/mol. The molecule has 0 saturated carbocycles. The number of rotatable bonds is 6. The Bertz CT molecular complexity index is 405. The summed E-state index contributed by atoms with van der Waals surface area (Å²) >= 11 is 3.92. The van der Waals surface area contributed by atoms with Gasteiger partial charge in [0.05, 0.1) is 6.21 Å². The van der Waals surface area contributed by atoms with Gasteiger partial charge < -0.3 is 15.7 Å². The Kier molecular flexibility index (Phi) is 5.80. The Morgan fingerprint density at radius 2 is 2.17 bits per heavy atom. The van der Waals surface area contributed by atoms with E-state index in [9.17, 15) is 5.11 Å². The summed E-state index contributed by atoms with van der Waals surface area (Å²) in [5.74, 6) is 0.192. The Morgan fingerprint density at radius 1 is 1.50 bits per heavy atom. The third-order valence-electron chi connectivity index (χ3n) is 2.55. The molecule has 0 radical (unpaired) electrons. The molecule has 0 spiro atoms. The number of nitrogens with zero attached hydrogens (tertiary/aromatic N) is 2. The molecule has 1 rings (SSSR count). The average molecular weight is 268 g/mol. The summed E-state index contributed by atoms with van der Waals surface area (Å²) < 4.78 is 0. The van der Waals surface area contributed by atoms with Gasteiger partial charge in [-0.2, -0.15) is 5.10 Å². The number of benzene rings is 1. The second-order valence-corrected chi connectivity index (χ2v) is 4.30. The van der Waals surface area contributed by atoms with E-state index in [4.69, 9.17) is 5.73 Å². The summed E-state index contributed by atoms with van der Waals surface area (Å²) in [6, 6.07) is 5.50. The van der Waals surface area contributed by atoms with Gasteiger partial charge in [0.25, 0.3) is 0 Å². The Morgan fingerprint density at radius 3 is 2.67 bits per heavy atom. The van der Waals surface area contributed by atoms with Crippen molar-refractivity contribution in [3.05, 3.63) is 23.8 Å². The van der Waals surface area contributed by atoms with Gasteiger partial charge in [-0.25, -0.2) is 0 Å². The van der Waals surface area contributed by atoms with Crippen LogP contribution in [-0.4, -0.2) is 29.9 Å². The van der Waals surface area contributed by atoms with Crippen molar-refractivity contribution in [3.8, 4) is 5.75 Å². The zero-order valence-electron chi connectivity index (χ0n) is 10.7. The van der Waals surface area contributed by atoms with E-state index in [-0.39, 0.29) is 5.75 Å². The molecule has 0 bridgehead atoms. The van der Waals surface area contributed by atoms with Gasteiger partial charge >= 0.3 is 0 Å². The molecule has 6 heteroatoms. The molecule has 1 atom stereocenters. The Labute approximate surface area is 113 Å². The highest BCUT2D eigenvalue weighted by Crippen LogP contribution is 2.23. The molecule has 0 aromatic heterocycles. The van der Waals surface area contributed by atoms with Crippen molar-refractivity contribution in [2.24, 2.45) is 10.8 Å². The van der Waals surface area contributed by atoms with E-state index in [0.29, 0.717) is 5.56 Å². The largest absolute Gasteiger partial charge is 0.507 e. The van der Waals surface area contributed by atoms with E-state index in [1.54, 1.807) is 6.07 Å². The van der Waals surface area contributed by atoms with E-state index < -0.39 is 5.50 Å². The first-order valence-electron chi connectivity index (χ1n) is 5.88. The van der Waals surface area contributed by atoms with E-state index in [2.05, 4.69) is 41.9 Å². The lowest BCUT2D eigenvalue weighted by molar-refractivity contribution is 0.474. The van der Waals surface area contributed by atoms with Gasteiger partial charge in [0.2, 0.25) is 0 Å². The van der Waals surface area contributed by atoms with Gasteiger partial charge in [-0.1, -0.05) is 0 Å². The van der Waals surface area contributed by atoms with Crippen molar-refractivity contribution in [2.75, 3.05) is 18.0 Å². The van der Waals surface area contributed by atoms with Crippen LogP contribution in [0.3, 0.4) is 0 Å². The Balaban J connectivity index is 2.82. The van der Waals surface area contributed by atoms with Crippen molar-refractivity contribution >= 4 is 24.5 Å². The second-order valence-electron chi connectivity index (χ2n) is 3.75. The molecule has 100 valence electrons. The van der Waals surface area contributed by atoms with Crippen LogP contribution in [0.1, 0.15) is 19.4 Å². The van der Waals surface area contributed by atoms with Gasteiger partial charge in [-0.05, 0) is 26.0 Å². The highest BCUT2D eigenvalue weighted by atomic mass is 32.1. The third-order valence-corrected chi connectivity index (χ3v) is 2.67. The number of hydrogen-bond acceptors (Lipinski definition) is 6. The minimum Gasteiger partial charge on any atom is -0.507 e. The van der Waals surface area contributed by atoms with Crippen LogP contribution in [0.4, 0.5) is 5.69 Å². The minimum atomic E-state index is -0.515. The zero-order valence-corrected chi connectivity index (χ0v) is 11.6. The van der Waals surface area contributed by atoms with Gasteiger partial charge in [-0.15, -0.1) is 12.6 Å². The summed E-state index contributed by atoms with van der Waals surface area (Å²) in [4.78, 5) is 2.16. The number of phenolic OH excluding ortho intramolecular Hbond substituents is 1. The molecule has 18 heavy (non-hydrogen) atoms. The molecule has 4 N–H and O–H groups in total. The standard InChI is InChI=1S/C12H20N4OS/c1-3-16(4-2)10-6-5-9(11(17)7-10)8-14-15-12(13)18/h5-8,12,15,17-18H,3-4,13H2,1-2H3/b14-8+. The summed E-state index contributed by atoms with van der Waals surface area (Å²) in [5, 5.41) is 13.8. The number of anilines is 1. The van der Waals surface area contributed by atoms with Crippen molar-refractivity contribution in [1.82, 2.24) is 5.43 Å². The molecule has 1 unspecified atom stereocenters. The molecular formula is C12H20N4OS. The van der Waals surface area contributed by atoms with E-state index in [1.165, 1.54) is 6.21 Å². The first-order chi connectivity index (χ1) is 8.58. The number of nitrogens with one attached hydrogen (secondary N) is 1. The molecule has 1 aromatic rings. The van der Waals surface area contributed by atoms with Crippen molar-refractivity contribution in [1.29, 1.82) is 0 Å². The van der Waals surface area contributed by atoms with Crippen LogP contribution in [-0.2, 0) is 0 Å². The first kappa shape index (κ1) is 14.7. The van der Waals surface area contributed by atoms with E-state index in [1.807, 2.05) is 12.1 Å². The minimum absolute atomic E-state index is 0.192. The number of hydrazone groups is 1.